The van der Waals surface area contributed by atoms with E-state index in [9.17, 15) is 13.2 Å². The van der Waals surface area contributed by atoms with E-state index in [1.54, 1.807) is 21.6 Å². The van der Waals surface area contributed by atoms with Crippen molar-refractivity contribution in [1.29, 1.82) is 0 Å². The number of anilines is 2. The van der Waals surface area contributed by atoms with Crippen LogP contribution in [-0.2, 0) is 37.4 Å². The summed E-state index contributed by atoms with van der Waals surface area (Å²) in [6, 6.07) is 10.2. The third-order valence-corrected chi connectivity index (χ3v) is 10.3. The molecule has 1 fully saturated rings. The number of nitrogens with zero attached hydrogens (tertiary/aromatic N) is 2. The lowest BCUT2D eigenvalue weighted by Crippen LogP contribution is -2.49. The predicted molar refractivity (Wildman–Crippen MR) is 172 cm³/mol. The zero-order chi connectivity index (χ0) is 31.0. The van der Waals surface area contributed by atoms with E-state index in [2.05, 4.69) is 30.1 Å². The maximum atomic E-state index is 13.6. The number of hydrogen-bond acceptors (Lipinski definition) is 7. The van der Waals surface area contributed by atoms with E-state index in [0.717, 1.165) is 33.5 Å². The van der Waals surface area contributed by atoms with Crippen molar-refractivity contribution in [3.8, 4) is 0 Å². The molecule has 0 aliphatic carbocycles. The first kappa shape index (κ1) is 32.7. The molecule has 3 N–H and O–H groups in total. The van der Waals surface area contributed by atoms with Crippen LogP contribution in [0.25, 0.3) is 0 Å². The Morgan fingerprint density at radius 3 is 2.63 bits per heavy atom. The highest BCUT2D eigenvalue weighted by molar-refractivity contribution is 7.86. The molecule has 234 valence electrons. The average Bonchev–Trinajstić information content (AvgIpc) is 3.01. The van der Waals surface area contributed by atoms with Gasteiger partial charge in [0.15, 0.2) is 0 Å². The Balaban J connectivity index is 1.59. The predicted octanol–water partition coefficient (Wildman–Crippen LogP) is 4.92. The molecule has 9 nitrogen and oxygen atoms in total. The second kappa shape index (κ2) is 15.0. The number of benzene rings is 2. The van der Waals surface area contributed by atoms with Crippen LogP contribution in [0, 0.1) is 6.92 Å². The van der Waals surface area contributed by atoms with Gasteiger partial charge in [-0.15, -0.1) is 6.58 Å². The molecule has 2 aliphatic rings. The Kier molecular flexibility index (Phi) is 11.4. The molecular formula is C33H46N4O5S. The van der Waals surface area contributed by atoms with Gasteiger partial charge in [-0.3, -0.25) is 4.79 Å². The topological polar surface area (TPSA) is 114 Å². The Hall–Kier alpha value is -3.18. The minimum atomic E-state index is -3.62. The summed E-state index contributed by atoms with van der Waals surface area (Å²) < 4.78 is 41.5. The second-order valence-electron chi connectivity index (χ2n) is 11.1. The molecule has 2 aromatic rings. The largest absolute Gasteiger partial charge is 0.466 e. The Morgan fingerprint density at radius 2 is 1.93 bits per heavy atom. The summed E-state index contributed by atoms with van der Waals surface area (Å²) in [6.45, 7) is 12.5. The number of allylic oxidation sites excluding steroid dienone is 1. The second-order valence-corrected chi connectivity index (χ2v) is 13.0. The smallest absolute Gasteiger partial charge is 0.306 e. The summed E-state index contributed by atoms with van der Waals surface area (Å²) in [5, 5.41) is 3.34. The van der Waals surface area contributed by atoms with Gasteiger partial charge in [-0.25, -0.2) is 0 Å². The van der Waals surface area contributed by atoms with Crippen molar-refractivity contribution in [3.63, 3.8) is 0 Å². The van der Waals surface area contributed by atoms with Crippen molar-refractivity contribution >= 4 is 27.6 Å². The highest BCUT2D eigenvalue weighted by atomic mass is 32.2. The lowest BCUT2D eigenvalue weighted by molar-refractivity contribution is -0.143. The van der Waals surface area contributed by atoms with Crippen LogP contribution < -0.4 is 11.1 Å². The Morgan fingerprint density at radius 1 is 1.16 bits per heavy atom. The summed E-state index contributed by atoms with van der Waals surface area (Å²) >= 11 is 0. The zero-order valence-electron chi connectivity index (χ0n) is 25.7. The van der Waals surface area contributed by atoms with Crippen LogP contribution in [0.4, 0.5) is 11.4 Å². The van der Waals surface area contributed by atoms with Gasteiger partial charge >= 0.3 is 5.97 Å². The summed E-state index contributed by atoms with van der Waals surface area (Å²) in [5.41, 5.74) is 12.9. The molecule has 2 aromatic carbocycles. The molecule has 1 unspecified atom stereocenters. The number of nitrogens with one attached hydrogen (secondary N) is 1. The minimum absolute atomic E-state index is 0.0564. The number of piperidine rings is 1. The molecule has 0 bridgehead atoms. The molecule has 2 heterocycles. The van der Waals surface area contributed by atoms with Gasteiger partial charge in [-0.05, 0) is 73.9 Å². The number of ether oxygens (including phenoxy) is 2. The molecule has 1 saturated heterocycles. The fraction of sp³-hybridized carbons (Fsp3) is 0.485. The quantitative estimate of drug-likeness (QED) is 0.188. The Labute approximate surface area is 256 Å². The van der Waals surface area contributed by atoms with Gasteiger partial charge in [-0.1, -0.05) is 42.5 Å². The number of fused-ring (bicyclic) bond motifs is 1. The molecule has 0 saturated carbocycles. The molecule has 0 amide bonds. The SMILES string of the molecule is C=CCOC1CCN(S(=O)(=O)N2CCc3ccc(C(CC(=O)OCC)c4ccc(NC/C=C/C)c(N)c4C)cc3C2)CC1. The standard InChI is InChI=1S/C33H46N4O5S/c1-5-8-16-35-31-12-11-29(24(4)33(31)34)30(22-32(38)41-7-3)26-10-9-25-13-17-37(23-27(25)21-26)43(39,40)36-18-14-28(15-19-36)42-20-6-2/h5-6,8-12,21,28,30,35H,2,7,13-20,22-23,34H2,1,3-4H3/b8-5+. The third-order valence-electron chi connectivity index (χ3n) is 8.37. The van der Waals surface area contributed by atoms with Crippen molar-refractivity contribution in [2.45, 2.75) is 65.0 Å². The lowest BCUT2D eigenvalue weighted by Gasteiger charge is -2.36. The summed E-state index contributed by atoms with van der Waals surface area (Å²) in [6.07, 6.45) is 7.90. The van der Waals surface area contributed by atoms with Gasteiger partial charge in [0.1, 0.15) is 0 Å². The lowest BCUT2D eigenvalue weighted by atomic mass is 9.83. The zero-order valence-corrected chi connectivity index (χ0v) is 26.5. The first-order valence-corrected chi connectivity index (χ1v) is 16.6. The fourth-order valence-electron chi connectivity index (χ4n) is 5.92. The number of rotatable bonds is 13. The number of carbonyl (C=O) groups is 1. The highest BCUT2D eigenvalue weighted by Gasteiger charge is 2.35. The van der Waals surface area contributed by atoms with Crippen molar-refractivity contribution in [3.05, 3.63) is 83.0 Å². The van der Waals surface area contributed by atoms with Gasteiger partial charge in [-0.2, -0.15) is 17.0 Å². The number of nitrogens with two attached hydrogens (primary N) is 1. The van der Waals surface area contributed by atoms with Crippen molar-refractivity contribution in [1.82, 2.24) is 8.61 Å². The van der Waals surface area contributed by atoms with Crippen LogP contribution in [0.1, 0.15) is 66.8 Å². The van der Waals surface area contributed by atoms with E-state index in [1.807, 2.05) is 38.1 Å². The van der Waals surface area contributed by atoms with Crippen LogP contribution in [-0.4, -0.2) is 68.5 Å². The molecule has 2 aliphatic heterocycles. The molecule has 0 spiro atoms. The minimum Gasteiger partial charge on any atom is -0.466 e. The van der Waals surface area contributed by atoms with Gasteiger partial charge in [0.25, 0.3) is 10.2 Å². The highest BCUT2D eigenvalue weighted by Crippen LogP contribution is 2.37. The van der Waals surface area contributed by atoms with Gasteiger partial charge in [0.05, 0.1) is 37.1 Å². The van der Waals surface area contributed by atoms with Gasteiger partial charge in [0.2, 0.25) is 0 Å². The maximum Gasteiger partial charge on any atom is 0.306 e. The van der Waals surface area contributed by atoms with Crippen molar-refractivity contribution < 1.29 is 22.7 Å². The molecule has 0 aromatic heterocycles. The van der Waals surface area contributed by atoms with Crippen LogP contribution in [0.2, 0.25) is 0 Å². The van der Waals surface area contributed by atoms with Crippen molar-refractivity contribution in [2.24, 2.45) is 0 Å². The third kappa shape index (κ3) is 7.86. The van der Waals surface area contributed by atoms with Crippen LogP contribution in [0.5, 0.6) is 0 Å². The van der Waals surface area contributed by atoms with Crippen LogP contribution >= 0.6 is 0 Å². The molecular weight excluding hydrogens is 564 g/mol. The normalized spacial score (nSPS) is 17.5. The molecule has 43 heavy (non-hydrogen) atoms. The fourth-order valence-corrected chi connectivity index (χ4v) is 7.54. The van der Waals surface area contributed by atoms with Gasteiger partial charge < -0.3 is 20.5 Å². The monoisotopic (exact) mass is 610 g/mol. The summed E-state index contributed by atoms with van der Waals surface area (Å²) in [4.78, 5) is 12.8. The van der Waals surface area contributed by atoms with E-state index < -0.39 is 10.2 Å². The van der Waals surface area contributed by atoms with Gasteiger partial charge in [0, 0.05) is 38.6 Å². The molecule has 0 radical (unpaired) electrons. The van der Waals surface area contributed by atoms with E-state index in [4.69, 9.17) is 15.2 Å². The first-order valence-electron chi connectivity index (χ1n) is 15.2. The van der Waals surface area contributed by atoms with E-state index in [0.29, 0.717) is 70.9 Å². The molecule has 4 rings (SSSR count). The maximum absolute atomic E-state index is 13.6. The van der Waals surface area contributed by atoms with Crippen molar-refractivity contribution in [2.75, 3.05) is 50.4 Å². The molecule has 1 atom stereocenters. The Bertz CT molecular complexity index is 1420. The van der Waals surface area contributed by atoms with E-state index >= 15 is 0 Å². The summed E-state index contributed by atoms with van der Waals surface area (Å²) in [5.74, 6) is -0.582. The molecule has 10 heteroatoms. The average molecular weight is 611 g/mol. The number of carbonyl (C=O) groups excluding carboxylic acids is 1. The van der Waals surface area contributed by atoms with Crippen LogP contribution in [0.3, 0.4) is 0 Å². The number of hydrogen-bond donors (Lipinski definition) is 2. The number of nitrogen functional groups attached to an aromatic ring is 1. The summed E-state index contributed by atoms with van der Waals surface area (Å²) in [7, 11) is -3.62. The number of esters is 1. The van der Waals surface area contributed by atoms with E-state index in [-0.39, 0.29) is 24.4 Å². The first-order chi connectivity index (χ1) is 20.7. The van der Waals surface area contributed by atoms with Crippen LogP contribution in [0.15, 0.2) is 55.1 Å². The van der Waals surface area contributed by atoms with E-state index in [1.165, 1.54) is 0 Å².